The summed E-state index contributed by atoms with van der Waals surface area (Å²) in [5.74, 6) is 1.22. The standard InChI is InChI=1S/C19H21N5O2/c1-12(25)24(2)15-8-6-14(7-9-15)21-19-22-16-10-11-26-17(16)18(23-19)20-13-4-3-5-13/h6-11,13H,3-5H2,1-2H3,(H2,20,21,22,23). The second kappa shape index (κ2) is 6.67. The topological polar surface area (TPSA) is 83.3 Å². The van der Waals surface area contributed by atoms with E-state index in [0.717, 1.165) is 35.6 Å². The quantitative estimate of drug-likeness (QED) is 0.725. The molecule has 134 valence electrons. The molecule has 0 aliphatic heterocycles. The maximum atomic E-state index is 11.4. The molecule has 1 aromatic carbocycles. The molecule has 2 heterocycles. The lowest BCUT2D eigenvalue weighted by Gasteiger charge is -2.26. The van der Waals surface area contributed by atoms with Crippen LogP contribution in [-0.2, 0) is 4.79 Å². The molecule has 1 aliphatic rings. The molecule has 0 bridgehead atoms. The van der Waals surface area contributed by atoms with E-state index < -0.39 is 0 Å². The lowest BCUT2D eigenvalue weighted by Crippen LogP contribution is -2.27. The van der Waals surface area contributed by atoms with Crippen molar-refractivity contribution >= 4 is 40.1 Å². The molecule has 0 atom stereocenters. The minimum atomic E-state index is -0.00818. The predicted octanol–water partition coefficient (Wildman–Crippen LogP) is 3.91. The number of hydrogen-bond acceptors (Lipinski definition) is 6. The van der Waals surface area contributed by atoms with Gasteiger partial charge in [-0.05, 0) is 43.5 Å². The monoisotopic (exact) mass is 351 g/mol. The van der Waals surface area contributed by atoms with Crippen molar-refractivity contribution in [2.45, 2.75) is 32.2 Å². The van der Waals surface area contributed by atoms with Crippen molar-refractivity contribution in [2.75, 3.05) is 22.6 Å². The van der Waals surface area contributed by atoms with Crippen LogP contribution in [0.15, 0.2) is 41.0 Å². The maximum absolute atomic E-state index is 11.4. The molecule has 2 N–H and O–H groups in total. The van der Waals surface area contributed by atoms with E-state index in [-0.39, 0.29) is 5.91 Å². The van der Waals surface area contributed by atoms with Gasteiger partial charge in [-0.25, -0.2) is 4.98 Å². The highest BCUT2D eigenvalue weighted by molar-refractivity contribution is 5.91. The van der Waals surface area contributed by atoms with Crippen molar-refractivity contribution in [1.82, 2.24) is 9.97 Å². The number of benzene rings is 1. The molecule has 7 nitrogen and oxygen atoms in total. The van der Waals surface area contributed by atoms with Crippen LogP contribution >= 0.6 is 0 Å². The molecule has 0 radical (unpaired) electrons. The minimum absolute atomic E-state index is 0.00818. The molecule has 7 heteroatoms. The molecule has 1 aliphatic carbocycles. The Morgan fingerprint density at radius 1 is 1.19 bits per heavy atom. The average Bonchev–Trinajstić information content (AvgIpc) is 3.06. The van der Waals surface area contributed by atoms with Gasteiger partial charge in [0.1, 0.15) is 5.52 Å². The van der Waals surface area contributed by atoms with E-state index >= 15 is 0 Å². The van der Waals surface area contributed by atoms with Crippen LogP contribution in [0.2, 0.25) is 0 Å². The molecular formula is C19H21N5O2. The largest absolute Gasteiger partial charge is 0.459 e. The van der Waals surface area contributed by atoms with E-state index in [9.17, 15) is 4.79 Å². The zero-order valence-corrected chi connectivity index (χ0v) is 14.8. The summed E-state index contributed by atoms with van der Waals surface area (Å²) in [6.45, 7) is 1.54. The molecule has 1 amide bonds. The lowest BCUT2D eigenvalue weighted by molar-refractivity contribution is -0.116. The Kier molecular flexibility index (Phi) is 4.20. The number of rotatable bonds is 5. The predicted molar refractivity (Wildman–Crippen MR) is 102 cm³/mol. The van der Waals surface area contributed by atoms with Gasteiger partial charge in [-0.15, -0.1) is 0 Å². The highest BCUT2D eigenvalue weighted by Crippen LogP contribution is 2.29. The number of furan rings is 1. The number of nitrogens with zero attached hydrogens (tertiary/aromatic N) is 3. The van der Waals surface area contributed by atoms with E-state index in [1.165, 1.54) is 13.3 Å². The van der Waals surface area contributed by atoms with Crippen LogP contribution in [0, 0.1) is 0 Å². The molecule has 2 aromatic heterocycles. The van der Waals surface area contributed by atoms with Gasteiger partial charge in [0.15, 0.2) is 11.4 Å². The SMILES string of the molecule is CC(=O)N(C)c1ccc(Nc2nc(NC3CCC3)c3occc3n2)cc1. The molecule has 26 heavy (non-hydrogen) atoms. The van der Waals surface area contributed by atoms with Gasteiger partial charge in [-0.1, -0.05) is 0 Å². The van der Waals surface area contributed by atoms with Gasteiger partial charge >= 0.3 is 0 Å². The summed E-state index contributed by atoms with van der Waals surface area (Å²) in [5.41, 5.74) is 3.13. The summed E-state index contributed by atoms with van der Waals surface area (Å²) in [6.07, 6.45) is 5.18. The summed E-state index contributed by atoms with van der Waals surface area (Å²) < 4.78 is 5.54. The Bertz CT molecular complexity index is 931. The first-order valence-electron chi connectivity index (χ1n) is 8.73. The number of amides is 1. The normalized spacial score (nSPS) is 14.1. The van der Waals surface area contributed by atoms with Crippen LogP contribution in [0.5, 0.6) is 0 Å². The summed E-state index contributed by atoms with van der Waals surface area (Å²) in [6, 6.07) is 9.85. The third kappa shape index (κ3) is 3.20. The van der Waals surface area contributed by atoms with Crippen molar-refractivity contribution < 1.29 is 9.21 Å². The first-order chi connectivity index (χ1) is 12.6. The fourth-order valence-corrected chi connectivity index (χ4v) is 2.84. The zero-order valence-electron chi connectivity index (χ0n) is 14.8. The maximum Gasteiger partial charge on any atom is 0.229 e. The Morgan fingerprint density at radius 2 is 1.96 bits per heavy atom. The minimum Gasteiger partial charge on any atom is -0.459 e. The zero-order chi connectivity index (χ0) is 18.1. The third-order valence-electron chi connectivity index (χ3n) is 4.73. The van der Waals surface area contributed by atoms with Crippen molar-refractivity contribution in [1.29, 1.82) is 0 Å². The van der Waals surface area contributed by atoms with Crippen LogP contribution in [0.3, 0.4) is 0 Å². The molecular weight excluding hydrogens is 330 g/mol. The van der Waals surface area contributed by atoms with Crippen LogP contribution in [-0.4, -0.2) is 29.0 Å². The first-order valence-corrected chi connectivity index (χ1v) is 8.73. The van der Waals surface area contributed by atoms with Gasteiger partial charge in [0.05, 0.1) is 6.26 Å². The Morgan fingerprint density at radius 3 is 2.62 bits per heavy atom. The molecule has 1 saturated carbocycles. The van der Waals surface area contributed by atoms with E-state index in [1.54, 1.807) is 18.2 Å². The highest BCUT2D eigenvalue weighted by Gasteiger charge is 2.20. The van der Waals surface area contributed by atoms with Crippen molar-refractivity contribution in [3.8, 4) is 0 Å². The van der Waals surface area contributed by atoms with E-state index in [0.29, 0.717) is 17.6 Å². The van der Waals surface area contributed by atoms with Crippen LogP contribution < -0.4 is 15.5 Å². The highest BCUT2D eigenvalue weighted by atomic mass is 16.3. The Balaban J connectivity index is 1.57. The lowest BCUT2D eigenvalue weighted by atomic mass is 9.93. The fourth-order valence-electron chi connectivity index (χ4n) is 2.84. The van der Waals surface area contributed by atoms with Gasteiger partial charge in [0.2, 0.25) is 11.9 Å². The fraction of sp³-hybridized carbons (Fsp3) is 0.316. The average molecular weight is 351 g/mol. The number of anilines is 4. The smallest absolute Gasteiger partial charge is 0.229 e. The molecule has 3 aromatic rings. The number of hydrogen-bond donors (Lipinski definition) is 2. The van der Waals surface area contributed by atoms with Gasteiger partial charge in [-0.2, -0.15) is 4.98 Å². The second-order valence-corrected chi connectivity index (χ2v) is 6.55. The summed E-state index contributed by atoms with van der Waals surface area (Å²) in [7, 11) is 1.75. The molecule has 0 saturated heterocycles. The molecule has 4 rings (SSSR count). The van der Waals surface area contributed by atoms with E-state index in [2.05, 4.69) is 20.6 Å². The first kappa shape index (κ1) is 16.4. The van der Waals surface area contributed by atoms with E-state index in [4.69, 9.17) is 4.42 Å². The summed E-state index contributed by atoms with van der Waals surface area (Å²) >= 11 is 0. The number of carbonyl (C=O) groups is 1. The summed E-state index contributed by atoms with van der Waals surface area (Å²) in [4.78, 5) is 22.1. The number of carbonyl (C=O) groups excluding carboxylic acids is 1. The number of aromatic nitrogens is 2. The Labute approximate surface area is 151 Å². The van der Waals surface area contributed by atoms with Crippen molar-refractivity contribution in [3.63, 3.8) is 0 Å². The van der Waals surface area contributed by atoms with Gasteiger partial charge in [0.25, 0.3) is 0 Å². The number of nitrogens with one attached hydrogen (secondary N) is 2. The second-order valence-electron chi connectivity index (χ2n) is 6.55. The summed E-state index contributed by atoms with van der Waals surface area (Å²) in [5, 5.41) is 6.66. The molecule has 0 spiro atoms. The van der Waals surface area contributed by atoms with Crippen LogP contribution in [0.4, 0.5) is 23.1 Å². The van der Waals surface area contributed by atoms with Crippen LogP contribution in [0.25, 0.3) is 11.1 Å². The van der Waals surface area contributed by atoms with E-state index in [1.807, 2.05) is 30.3 Å². The van der Waals surface area contributed by atoms with Gasteiger partial charge < -0.3 is 20.0 Å². The van der Waals surface area contributed by atoms with Crippen LogP contribution in [0.1, 0.15) is 26.2 Å². The number of fused-ring (bicyclic) bond motifs is 1. The van der Waals surface area contributed by atoms with Gasteiger partial charge in [0, 0.05) is 37.5 Å². The molecule has 1 fully saturated rings. The molecule has 0 unspecified atom stereocenters. The van der Waals surface area contributed by atoms with Crippen molar-refractivity contribution in [3.05, 3.63) is 36.6 Å². The Hall–Kier alpha value is -3.09. The van der Waals surface area contributed by atoms with Crippen molar-refractivity contribution in [2.24, 2.45) is 0 Å². The van der Waals surface area contributed by atoms with Gasteiger partial charge in [-0.3, -0.25) is 4.79 Å². The third-order valence-corrected chi connectivity index (χ3v) is 4.73.